The van der Waals surface area contributed by atoms with E-state index >= 15 is 0 Å². The second-order valence-corrected chi connectivity index (χ2v) is 7.19. The Morgan fingerprint density at radius 2 is 1.07 bits per heavy atom. The van der Waals surface area contributed by atoms with Crippen LogP contribution in [0.4, 0.5) is 0 Å². The fourth-order valence-corrected chi connectivity index (χ4v) is 4.39. The maximum atomic E-state index is 6.28. The van der Waals surface area contributed by atoms with Gasteiger partial charge in [0.1, 0.15) is 46.0 Å². The van der Waals surface area contributed by atoms with Crippen LogP contribution in [0.25, 0.3) is 0 Å². The summed E-state index contributed by atoms with van der Waals surface area (Å²) in [7, 11) is 0. The zero-order valence-corrected chi connectivity index (χ0v) is 15.1. The highest BCUT2D eigenvalue weighted by Gasteiger charge is 2.46. The lowest BCUT2D eigenvalue weighted by atomic mass is 9.34. The monoisotopic (exact) mass is 377 g/mol. The van der Waals surface area contributed by atoms with Crippen molar-refractivity contribution < 1.29 is 18.9 Å². The number of ether oxygens (including phenoxy) is 4. The topological polar surface area (TPSA) is 49.8 Å². The first-order chi connectivity index (χ1) is 14.3. The molecule has 6 heteroatoms. The largest absolute Gasteiger partial charge is 0.458 e. The Morgan fingerprint density at radius 3 is 1.62 bits per heavy atom. The summed E-state index contributed by atoms with van der Waals surface area (Å²) in [6.07, 6.45) is 3.39. The molecule has 0 fully saturated rings. The van der Waals surface area contributed by atoms with Gasteiger partial charge in [-0.3, -0.25) is 4.98 Å². The molecule has 1 aromatic heterocycles. The minimum atomic E-state index is 0.0172. The number of benzene rings is 3. The van der Waals surface area contributed by atoms with Crippen molar-refractivity contribution in [3.8, 4) is 46.0 Å². The molecule has 0 aliphatic carbocycles. The summed E-state index contributed by atoms with van der Waals surface area (Å²) in [6, 6.07) is 19.3. The number of hydrogen-bond donors (Lipinski definition) is 0. The summed E-state index contributed by atoms with van der Waals surface area (Å²) < 4.78 is 24.7. The fraction of sp³-hybridized carbons (Fsp3) is 0. The number of nitrogens with zero attached hydrogens (tertiary/aromatic N) is 1. The van der Waals surface area contributed by atoms with E-state index in [0.717, 1.165) is 50.9 Å². The molecule has 0 spiro atoms. The highest BCUT2D eigenvalue weighted by atomic mass is 16.5. The third-order valence-electron chi connectivity index (χ3n) is 5.54. The standard InChI is InChI=1S/C23H12BNO4/c1-3-15-21-17(5-1)28-19-11-14(26-13-7-9-25-10-8-13)12-20-23(19)24(21)22-16(27-15)4-2-6-18(22)29-20/h1-12H. The van der Waals surface area contributed by atoms with Crippen LogP contribution in [0.1, 0.15) is 0 Å². The summed E-state index contributed by atoms with van der Waals surface area (Å²) in [5, 5.41) is 0. The lowest BCUT2D eigenvalue weighted by molar-refractivity contribution is 0.431. The Balaban J connectivity index is 1.46. The SMILES string of the molecule is c1cc2c3c(c1)Oc1cc(Oc4ccncc4)cc4c1B3c1c(cccc1O4)O2. The second kappa shape index (κ2) is 5.32. The molecule has 0 radical (unpaired) electrons. The Bertz CT molecular complexity index is 1250. The predicted molar refractivity (Wildman–Crippen MR) is 109 cm³/mol. The maximum absolute atomic E-state index is 6.28. The predicted octanol–water partition coefficient (Wildman–Crippen LogP) is 3.71. The summed E-state index contributed by atoms with van der Waals surface area (Å²) in [6.45, 7) is 0.0172. The van der Waals surface area contributed by atoms with Crippen LogP contribution < -0.4 is 35.3 Å². The van der Waals surface area contributed by atoms with Gasteiger partial charge < -0.3 is 18.9 Å². The summed E-state index contributed by atoms with van der Waals surface area (Å²) in [5.41, 5.74) is 3.11. The normalized spacial score (nSPS) is 13.6. The summed E-state index contributed by atoms with van der Waals surface area (Å²) >= 11 is 0. The first-order valence-corrected chi connectivity index (χ1v) is 9.40. The van der Waals surface area contributed by atoms with Crippen LogP contribution in [-0.4, -0.2) is 11.7 Å². The Labute approximate surface area is 166 Å². The van der Waals surface area contributed by atoms with Gasteiger partial charge in [0.2, 0.25) is 0 Å². The Hall–Kier alpha value is -3.93. The minimum absolute atomic E-state index is 0.0172. The summed E-state index contributed by atoms with van der Waals surface area (Å²) in [4.78, 5) is 4.03. The van der Waals surface area contributed by atoms with Gasteiger partial charge in [-0.15, -0.1) is 0 Å². The van der Waals surface area contributed by atoms with E-state index in [-0.39, 0.29) is 6.71 Å². The van der Waals surface area contributed by atoms with E-state index in [4.69, 9.17) is 18.9 Å². The summed E-state index contributed by atoms with van der Waals surface area (Å²) in [5.74, 6) is 6.09. The van der Waals surface area contributed by atoms with Crippen molar-refractivity contribution in [2.75, 3.05) is 0 Å². The van der Waals surface area contributed by atoms with Crippen LogP contribution in [-0.2, 0) is 0 Å². The van der Waals surface area contributed by atoms with Gasteiger partial charge in [-0.2, -0.15) is 0 Å². The van der Waals surface area contributed by atoms with E-state index in [1.165, 1.54) is 0 Å². The molecule has 0 atom stereocenters. The van der Waals surface area contributed by atoms with E-state index in [2.05, 4.69) is 4.98 Å². The number of pyridine rings is 1. The fourth-order valence-electron chi connectivity index (χ4n) is 4.39. The first kappa shape index (κ1) is 15.1. The molecule has 4 heterocycles. The molecule has 5 nitrogen and oxygen atoms in total. The van der Waals surface area contributed by atoms with E-state index in [9.17, 15) is 0 Å². The molecule has 0 saturated carbocycles. The van der Waals surface area contributed by atoms with Crippen molar-refractivity contribution in [3.05, 3.63) is 73.1 Å². The molecule has 0 N–H and O–H groups in total. The van der Waals surface area contributed by atoms with E-state index in [0.29, 0.717) is 11.5 Å². The Morgan fingerprint density at radius 1 is 0.586 bits per heavy atom. The number of hydrogen-bond acceptors (Lipinski definition) is 5. The molecule has 3 aliphatic rings. The maximum Gasteiger partial charge on any atom is 0.270 e. The molecule has 3 aromatic carbocycles. The van der Waals surface area contributed by atoms with Crippen LogP contribution in [0.15, 0.2) is 73.1 Å². The van der Waals surface area contributed by atoms with Crippen molar-refractivity contribution >= 4 is 23.1 Å². The average Bonchev–Trinajstić information content (AvgIpc) is 2.74. The van der Waals surface area contributed by atoms with Crippen molar-refractivity contribution in [1.29, 1.82) is 0 Å². The molecule has 0 amide bonds. The molecule has 0 unspecified atom stereocenters. The van der Waals surface area contributed by atoms with Crippen molar-refractivity contribution in [2.45, 2.75) is 0 Å². The number of aromatic nitrogens is 1. The van der Waals surface area contributed by atoms with Gasteiger partial charge in [-0.05, 0) is 36.4 Å². The average molecular weight is 377 g/mol. The van der Waals surface area contributed by atoms with Gasteiger partial charge in [-0.25, -0.2) is 0 Å². The van der Waals surface area contributed by atoms with E-state index in [1.54, 1.807) is 12.4 Å². The van der Waals surface area contributed by atoms with Gasteiger partial charge in [0, 0.05) is 40.9 Å². The van der Waals surface area contributed by atoms with Gasteiger partial charge in [-0.1, -0.05) is 12.1 Å². The highest BCUT2D eigenvalue weighted by molar-refractivity contribution is 6.99. The van der Waals surface area contributed by atoms with Crippen LogP contribution in [0, 0.1) is 0 Å². The van der Waals surface area contributed by atoms with Crippen molar-refractivity contribution in [3.63, 3.8) is 0 Å². The molecule has 4 aromatic rings. The zero-order valence-electron chi connectivity index (χ0n) is 15.1. The molecule has 3 aliphatic heterocycles. The zero-order chi connectivity index (χ0) is 18.9. The van der Waals surface area contributed by atoms with Gasteiger partial charge >= 0.3 is 0 Å². The van der Waals surface area contributed by atoms with Gasteiger partial charge in [0.05, 0.1) is 0 Å². The molecule has 136 valence electrons. The van der Waals surface area contributed by atoms with Crippen LogP contribution >= 0.6 is 0 Å². The van der Waals surface area contributed by atoms with Crippen LogP contribution in [0.5, 0.6) is 46.0 Å². The second-order valence-electron chi connectivity index (χ2n) is 7.19. The van der Waals surface area contributed by atoms with Crippen LogP contribution in [0.2, 0.25) is 0 Å². The van der Waals surface area contributed by atoms with E-state index in [1.807, 2.05) is 60.7 Å². The molecule has 7 rings (SSSR count). The van der Waals surface area contributed by atoms with Gasteiger partial charge in [0.15, 0.2) is 0 Å². The molecular formula is C23H12BNO4. The molecule has 0 bridgehead atoms. The van der Waals surface area contributed by atoms with Crippen molar-refractivity contribution in [2.24, 2.45) is 0 Å². The minimum Gasteiger partial charge on any atom is -0.458 e. The quantitative estimate of drug-likeness (QED) is 0.430. The van der Waals surface area contributed by atoms with E-state index < -0.39 is 0 Å². The molecule has 29 heavy (non-hydrogen) atoms. The van der Waals surface area contributed by atoms with Crippen LogP contribution in [0.3, 0.4) is 0 Å². The third-order valence-corrected chi connectivity index (χ3v) is 5.54. The number of rotatable bonds is 2. The molecular weight excluding hydrogens is 365 g/mol. The smallest absolute Gasteiger partial charge is 0.270 e. The lowest BCUT2D eigenvalue weighted by Crippen LogP contribution is -2.59. The molecule has 0 saturated heterocycles. The third kappa shape index (κ3) is 2.03. The Kier molecular flexibility index (Phi) is 2.76. The van der Waals surface area contributed by atoms with Crippen molar-refractivity contribution in [1.82, 2.24) is 4.98 Å². The highest BCUT2D eigenvalue weighted by Crippen LogP contribution is 2.43. The lowest BCUT2D eigenvalue weighted by Gasteiger charge is -2.37. The van der Waals surface area contributed by atoms with Gasteiger partial charge in [0.25, 0.3) is 6.71 Å². The first-order valence-electron chi connectivity index (χ1n) is 9.40.